The molecule has 0 aromatic carbocycles. The van der Waals surface area contributed by atoms with Gasteiger partial charge in [0.25, 0.3) is 0 Å². The maximum atomic E-state index is 11.6. The van der Waals surface area contributed by atoms with E-state index in [9.17, 15) is 38.4 Å². The molecule has 0 aromatic heterocycles. The molecule has 0 aromatic rings. The fraction of sp³-hybridized carbons (Fsp3) is 0.714. The Morgan fingerprint density at radius 1 is 0.419 bits per heavy atom. The molecular formula is C42H80I4N4O12. The molecule has 0 N–H and O–H groups in total. The van der Waals surface area contributed by atoms with Crippen molar-refractivity contribution >= 4 is 121 Å². The van der Waals surface area contributed by atoms with Crippen LogP contribution in [0.25, 0.3) is 0 Å². The molecule has 0 amide bonds. The fourth-order valence-electron chi connectivity index (χ4n) is 3.95. The number of Topliss-reactive ketones (excluding diaryl/α,β-unsaturated/α-hetero) is 4. The number of carbonyl (C=O) groups excluding carboxylic acids is 8. The van der Waals surface area contributed by atoms with Gasteiger partial charge in [-0.1, -0.05) is 55.7 Å². The predicted octanol–water partition coefficient (Wildman–Crippen LogP) is 7.88. The molecule has 0 aliphatic carbocycles. The lowest BCUT2D eigenvalue weighted by Crippen LogP contribution is -2.34. The van der Waals surface area contributed by atoms with E-state index in [4.69, 9.17) is 0 Å². The fourth-order valence-corrected chi connectivity index (χ4v) is 3.95. The zero-order chi connectivity index (χ0) is 49.2. The smallest absolute Gasteiger partial charge is 0.308 e. The molecule has 0 aliphatic rings. The van der Waals surface area contributed by atoms with Crippen molar-refractivity contribution < 1.29 is 57.3 Å². The van der Waals surface area contributed by atoms with Gasteiger partial charge in [0.15, 0.2) is 23.1 Å². The molecule has 20 heteroatoms. The Morgan fingerprint density at radius 2 is 0.597 bits per heavy atom. The normalized spacial score (nSPS) is 12.3. The molecule has 0 spiro atoms. The molecule has 0 heterocycles. The number of carbonyl (C=O) groups is 8. The summed E-state index contributed by atoms with van der Waals surface area (Å²) in [6.07, 6.45) is 0.769. The second kappa shape index (κ2) is 46.0. The summed E-state index contributed by atoms with van der Waals surface area (Å²) < 4.78 is 18.1. The van der Waals surface area contributed by atoms with Gasteiger partial charge in [-0.05, 0) is 42.0 Å². The van der Waals surface area contributed by atoms with Gasteiger partial charge in [-0.2, -0.15) is 0 Å². The Kier molecular flexibility index (Phi) is 57.7. The number of methoxy groups -OCH3 is 4. The van der Waals surface area contributed by atoms with Crippen LogP contribution in [-0.4, -0.2) is 164 Å². The molecule has 0 fully saturated rings. The third kappa shape index (κ3) is 38.9. The van der Waals surface area contributed by atoms with E-state index in [1.54, 1.807) is 65.7 Å². The highest BCUT2D eigenvalue weighted by Crippen LogP contribution is 2.12. The molecule has 0 rings (SSSR count). The lowest BCUT2D eigenvalue weighted by Gasteiger charge is -2.19. The molecule has 16 nitrogen and oxygen atoms in total. The van der Waals surface area contributed by atoms with E-state index in [1.165, 1.54) is 28.4 Å². The first-order valence-electron chi connectivity index (χ1n) is 18.4. The first-order chi connectivity index (χ1) is 27.6. The van der Waals surface area contributed by atoms with Crippen LogP contribution in [0.1, 0.15) is 82.1 Å². The van der Waals surface area contributed by atoms with Crippen LogP contribution in [0.4, 0.5) is 0 Å². The summed E-state index contributed by atoms with van der Waals surface area (Å²) in [6.45, 7) is 17.6. The molecule has 0 saturated carbocycles. The molecule has 62 heavy (non-hydrogen) atoms. The Hall–Kier alpha value is -1.52. The van der Waals surface area contributed by atoms with Crippen molar-refractivity contribution in [3.05, 3.63) is 24.6 Å². The van der Waals surface area contributed by atoms with Gasteiger partial charge >= 0.3 is 23.9 Å². The highest BCUT2D eigenvalue weighted by atomic mass is 128. The number of hydrogen-bond acceptors (Lipinski definition) is 16. The van der Waals surface area contributed by atoms with E-state index >= 15 is 0 Å². The minimum absolute atomic E-state index is 0. The monoisotopic (exact) mass is 1340 g/mol. The summed E-state index contributed by atoms with van der Waals surface area (Å²) in [6, 6.07) is -0.302. The molecule has 0 aliphatic heterocycles. The summed E-state index contributed by atoms with van der Waals surface area (Å²) in [7, 11) is 19.6. The van der Waals surface area contributed by atoms with E-state index < -0.39 is 11.8 Å². The van der Waals surface area contributed by atoms with Crippen LogP contribution in [0.3, 0.4) is 0 Å². The van der Waals surface area contributed by atoms with Gasteiger partial charge in [0.2, 0.25) is 0 Å². The highest BCUT2D eigenvalue weighted by Gasteiger charge is 2.24. The van der Waals surface area contributed by atoms with E-state index in [2.05, 4.69) is 107 Å². The number of nitrogens with zero attached hydrogens (tertiary/aromatic N) is 4. The molecule has 6 atom stereocenters. The lowest BCUT2D eigenvalue weighted by molar-refractivity contribution is -0.147. The standard InChI is InChI=1S/2C10H19NO3.2C10H17NO3.2CH4.2I2/c4*1-7(10(13)14-5)6-9(12)8(2)11(3)4;;;2*1-2/h2*7-8H,6H2,1-5H3;2*7H,2,6H2,1,3-5H3;2*1H4;;/t2*7-,8?;2*7-;;;;/m1010..../s1. The van der Waals surface area contributed by atoms with E-state index in [1.807, 2.05) is 51.8 Å². The van der Waals surface area contributed by atoms with E-state index in [0.717, 1.165) is 0 Å². The first-order valence-corrected chi connectivity index (χ1v) is 30.9. The van der Waals surface area contributed by atoms with Crippen molar-refractivity contribution in [3.8, 4) is 0 Å². The van der Waals surface area contributed by atoms with Crippen LogP contribution in [-0.2, 0) is 57.3 Å². The first kappa shape index (κ1) is 77.7. The van der Waals surface area contributed by atoms with Crippen LogP contribution in [0.2, 0.25) is 0 Å². The second-order valence-electron chi connectivity index (χ2n) is 14.3. The number of rotatable bonds is 20. The summed E-state index contributed by atoms with van der Waals surface area (Å²) in [4.78, 5) is 97.1. The number of esters is 4. The Balaban J connectivity index is -0.000000100. The van der Waals surface area contributed by atoms with Gasteiger partial charge in [-0.3, -0.25) is 48.2 Å². The molecule has 0 saturated heterocycles. The third-order valence-electron chi connectivity index (χ3n) is 8.62. The molecule has 368 valence electrons. The number of likely N-dealkylation sites (N-methyl/N-ethyl adjacent to an activating group) is 4. The average molecular weight is 1340 g/mol. The highest BCUT2D eigenvalue weighted by molar-refractivity contribution is 15.0. The summed E-state index contributed by atoms with van der Waals surface area (Å²) in [5.74, 6) is -3.07. The SMILES string of the molecule is C.C.C=C(C(=O)C[C@@H](C)C(=O)OC)N(C)C.C=C(C(=O)C[C@H](C)C(=O)OC)N(C)C.COC(=O)[C@@H](C)CC(=O)C(C)N(C)C.COC(=O)[C@H](C)CC(=O)C(C)N(C)C.II.II. The maximum Gasteiger partial charge on any atom is 0.308 e. The van der Waals surface area contributed by atoms with Crippen LogP contribution >= 0.6 is 74.5 Å². The van der Waals surface area contributed by atoms with Crippen molar-refractivity contribution in [2.45, 2.75) is 94.2 Å². The lowest BCUT2D eigenvalue weighted by atomic mass is 10.0. The summed E-state index contributed by atoms with van der Waals surface area (Å²) in [5, 5.41) is 0. The minimum Gasteiger partial charge on any atom is -0.469 e. The number of halogens is 4. The Morgan fingerprint density at radius 3 is 0.742 bits per heavy atom. The van der Waals surface area contributed by atoms with E-state index in [-0.39, 0.29) is 111 Å². The van der Waals surface area contributed by atoms with Crippen molar-refractivity contribution in [1.82, 2.24) is 19.6 Å². The third-order valence-corrected chi connectivity index (χ3v) is 8.62. The minimum atomic E-state index is -0.413. The zero-order valence-electron chi connectivity index (χ0n) is 38.9. The van der Waals surface area contributed by atoms with Gasteiger partial charge in [-0.15, -0.1) is 0 Å². The quantitative estimate of drug-likeness (QED) is 0.0495. The van der Waals surface area contributed by atoms with Gasteiger partial charge < -0.3 is 28.7 Å². The van der Waals surface area contributed by atoms with Crippen molar-refractivity contribution in [1.29, 1.82) is 0 Å². The summed E-state index contributed by atoms with van der Waals surface area (Å²) in [5.41, 5.74) is 0.807. The van der Waals surface area contributed by atoms with Gasteiger partial charge in [-0.25, -0.2) is 0 Å². The number of ketones is 4. The van der Waals surface area contributed by atoms with Crippen LogP contribution in [0.15, 0.2) is 24.6 Å². The molecule has 2 unspecified atom stereocenters. The van der Waals surface area contributed by atoms with Crippen LogP contribution in [0, 0.1) is 23.7 Å². The predicted molar refractivity (Wildman–Crippen MR) is 285 cm³/mol. The number of allylic oxidation sites excluding steroid dienone is 2. The van der Waals surface area contributed by atoms with Crippen molar-refractivity contribution in [2.24, 2.45) is 23.7 Å². The Bertz CT molecular complexity index is 1230. The second-order valence-corrected chi connectivity index (χ2v) is 14.3. The maximum absolute atomic E-state index is 11.6. The molecule has 0 bridgehead atoms. The van der Waals surface area contributed by atoms with Gasteiger partial charge in [0.1, 0.15) is 0 Å². The molecule has 0 radical (unpaired) electrons. The average Bonchev–Trinajstić information content (AvgIpc) is 3.22. The van der Waals surface area contributed by atoms with E-state index in [0.29, 0.717) is 11.4 Å². The largest absolute Gasteiger partial charge is 0.469 e. The topological polar surface area (TPSA) is 186 Å². The van der Waals surface area contributed by atoms with Crippen molar-refractivity contribution in [3.63, 3.8) is 0 Å². The van der Waals surface area contributed by atoms with Gasteiger partial charge in [0, 0.05) is 128 Å². The molecular weight excluding hydrogens is 1260 g/mol. The number of hydrogen-bond donors (Lipinski definition) is 0. The Labute approximate surface area is 421 Å². The summed E-state index contributed by atoms with van der Waals surface area (Å²) >= 11 is 8.48. The van der Waals surface area contributed by atoms with Crippen LogP contribution in [0.5, 0.6) is 0 Å². The van der Waals surface area contributed by atoms with Crippen LogP contribution < -0.4 is 0 Å². The van der Waals surface area contributed by atoms with Crippen molar-refractivity contribution in [2.75, 3.05) is 84.8 Å². The van der Waals surface area contributed by atoms with Gasteiger partial charge in [0.05, 0.1) is 75.6 Å². The number of ether oxygens (including phenoxy) is 4. The zero-order valence-corrected chi connectivity index (χ0v) is 47.5.